The Morgan fingerprint density at radius 1 is 0.886 bits per heavy atom. The van der Waals surface area contributed by atoms with E-state index in [2.05, 4.69) is 33.7 Å². The normalized spacial score (nSPS) is 16.0. The summed E-state index contributed by atoms with van der Waals surface area (Å²) < 4.78 is 13.5. The molecule has 0 N–H and O–H groups in total. The molecular formula is C28H28N4O3. The molecule has 4 aromatic rings. The van der Waals surface area contributed by atoms with Crippen molar-refractivity contribution in [2.45, 2.75) is 13.5 Å². The summed E-state index contributed by atoms with van der Waals surface area (Å²) in [6.07, 6.45) is 0. The molecule has 0 radical (unpaired) electrons. The number of hydrogen-bond acceptors (Lipinski definition) is 5. The lowest BCUT2D eigenvalue weighted by molar-refractivity contribution is 0.0628. The van der Waals surface area contributed by atoms with E-state index >= 15 is 0 Å². The van der Waals surface area contributed by atoms with E-state index in [1.54, 1.807) is 0 Å². The van der Waals surface area contributed by atoms with Crippen molar-refractivity contribution in [2.75, 3.05) is 39.4 Å². The van der Waals surface area contributed by atoms with Crippen LogP contribution in [0.25, 0.3) is 16.7 Å². The number of aryl methyl sites for hydroxylation is 1. The molecule has 35 heavy (non-hydrogen) atoms. The molecule has 1 saturated heterocycles. The van der Waals surface area contributed by atoms with Crippen molar-refractivity contribution in [1.82, 2.24) is 19.4 Å². The molecule has 1 amide bonds. The highest BCUT2D eigenvalue weighted by atomic mass is 16.6. The zero-order valence-corrected chi connectivity index (χ0v) is 19.8. The van der Waals surface area contributed by atoms with E-state index < -0.39 is 0 Å². The Kier molecular flexibility index (Phi) is 5.62. The average molecular weight is 469 g/mol. The number of carbonyl (C=O) groups excluding carboxylic acids is 1. The van der Waals surface area contributed by atoms with Gasteiger partial charge in [0.2, 0.25) is 0 Å². The second-order valence-corrected chi connectivity index (χ2v) is 9.08. The van der Waals surface area contributed by atoms with Gasteiger partial charge in [0.05, 0.1) is 11.0 Å². The van der Waals surface area contributed by atoms with E-state index in [1.165, 1.54) is 5.56 Å². The fourth-order valence-corrected chi connectivity index (χ4v) is 4.97. The Balaban J connectivity index is 1.13. The molecule has 1 fully saturated rings. The van der Waals surface area contributed by atoms with E-state index in [4.69, 9.17) is 14.5 Å². The number of carbonyl (C=O) groups is 1. The molecule has 0 unspecified atom stereocenters. The maximum absolute atomic E-state index is 13.3. The van der Waals surface area contributed by atoms with Gasteiger partial charge in [-0.2, -0.15) is 0 Å². The highest BCUT2D eigenvalue weighted by molar-refractivity contribution is 5.97. The molecule has 2 aliphatic heterocycles. The van der Waals surface area contributed by atoms with Crippen LogP contribution in [0.15, 0.2) is 66.7 Å². The molecule has 0 saturated carbocycles. The van der Waals surface area contributed by atoms with Crippen molar-refractivity contribution < 1.29 is 14.3 Å². The number of fused-ring (bicyclic) bond motifs is 2. The van der Waals surface area contributed by atoms with Crippen LogP contribution in [-0.2, 0) is 6.54 Å². The molecule has 0 atom stereocenters. The standard InChI is InChI=1S/C28H28N4O3/c1-20-29-24-18-22(8-9-25(24)32(20)23-5-3-2-4-6-23)28(33)31-13-11-30(12-14-31)19-21-7-10-26-27(17-21)35-16-15-34-26/h2-10,17-18H,11-16,19H2,1H3. The number of piperazine rings is 1. The fourth-order valence-electron chi connectivity index (χ4n) is 4.97. The first kappa shape index (κ1) is 21.7. The van der Waals surface area contributed by atoms with Crippen LogP contribution >= 0.6 is 0 Å². The summed E-state index contributed by atoms with van der Waals surface area (Å²) in [5.74, 6) is 2.61. The third-order valence-electron chi connectivity index (χ3n) is 6.76. The largest absolute Gasteiger partial charge is 0.486 e. The predicted octanol–water partition coefficient (Wildman–Crippen LogP) is 4.06. The van der Waals surface area contributed by atoms with Gasteiger partial charge in [0.25, 0.3) is 5.91 Å². The minimum Gasteiger partial charge on any atom is -0.486 e. The van der Waals surface area contributed by atoms with Gasteiger partial charge in [-0.3, -0.25) is 14.3 Å². The monoisotopic (exact) mass is 468 g/mol. The zero-order chi connectivity index (χ0) is 23.8. The van der Waals surface area contributed by atoms with Gasteiger partial charge < -0.3 is 14.4 Å². The van der Waals surface area contributed by atoms with E-state index in [0.29, 0.717) is 31.9 Å². The second kappa shape index (κ2) is 9.07. The quantitative estimate of drug-likeness (QED) is 0.452. The van der Waals surface area contributed by atoms with Gasteiger partial charge in [0.15, 0.2) is 11.5 Å². The summed E-state index contributed by atoms with van der Waals surface area (Å²) in [5.41, 5.74) is 4.81. The molecule has 7 nitrogen and oxygen atoms in total. The second-order valence-electron chi connectivity index (χ2n) is 9.08. The minimum absolute atomic E-state index is 0.0674. The molecule has 0 spiro atoms. The van der Waals surface area contributed by atoms with E-state index in [0.717, 1.165) is 53.7 Å². The smallest absolute Gasteiger partial charge is 0.254 e. The van der Waals surface area contributed by atoms with Gasteiger partial charge >= 0.3 is 0 Å². The van der Waals surface area contributed by atoms with Gasteiger partial charge in [0.1, 0.15) is 19.0 Å². The van der Waals surface area contributed by atoms with Crippen LogP contribution < -0.4 is 9.47 Å². The molecule has 2 aliphatic rings. The Hall–Kier alpha value is -3.84. The van der Waals surface area contributed by atoms with Crippen LogP contribution in [0.3, 0.4) is 0 Å². The molecule has 1 aromatic heterocycles. The number of benzene rings is 3. The number of hydrogen-bond donors (Lipinski definition) is 0. The maximum Gasteiger partial charge on any atom is 0.254 e. The highest BCUT2D eigenvalue weighted by Crippen LogP contribution is 2.31. The third-order valence-corrected chi connectivity index (χ3v) is 6.76. The van der Waals surface area contributed by atoms with Crippen LogP contribution in [0, 0.1) is 6.92 Å². The fraction of sp³-hybridized carbons (Fsp3) is 0.286. The topological polar surface area (TPSA) is 59.8 Å². The van der Waals surface area contributed by atoms with Crippen molar-refractivity contribution in [2.24, 2.45) is 0 Å². The molecule has 7 heteroatoms. The number of imidazole rings is 1. The first-order valence-electron chi connectivity index (χ1n) is 12.1. The molecule has 0 aliphatic carbocycles. The van der Waals surface area contributed by atoms with Crippen molar-refractivity contribution in [1.29, 1.82) is 0 Å². The average Bonchev–Trinajstić information content (AvgIpc) is 3.24. The maximum atomic E-state index is 13.3. The highest BCUT2D eigenvalue weighted by Gasteiger charge is 2.23. The number of aromatic nitrogens is 2. The lowest BCUT2D eigenvalue weighted by Gasteiger charge is -2.35. The predicted molar refractivity (Wildman–Crippen MR) is 134 cm³/mol. The van der Waals surface area contributed by atoms with Crippen LogP contribution in [0.5, 0.6) is 11.5 Å². The third kappa shape index (κ3) is 4.23. The zero-order valence-electron chi connectivity index (χ0n) is 19.8. The SMILES string of the molecule is Cc1nc2cc(C(=O)N3CCN(Cc4ccc5c(c4)OCCO5)CC3)ccc2n1-c1ccccc1. The summed E-state index contributed by atoms with van der Waals surface area (Å²) in [5, 5.41) is 0. The summed E-state index contributed by atoms with van der Waals surface area (Å²) in [4.78, 5) is 22.3. The summed E-state index contributed by atoms with van der Waals surface area (Å²) in [6.45, 7) is 7.11. The number of rotatable bonds is 4. The van der Waals surface area contributed by atoms with Crippen LogP contribution in [0.4, 0.5) is 0 Å². The summed E-state index contributed by atoms with van der Waals surface area (Å²) in [7, 11) is 0. The molecule has 3 aromatic carbocycles. The molecular weight excluding hydrogens is 440 g/mol. The first-order chi connectivity index (χ1) is 17.2. The van der Waals surface area contributed by atoms with Crippen LogP contribution in [0.2, 0.25) is 0 Å². The molecule has 0 bridgehead atoms. The van der Waals surface area contributed by atoms with E-state index in [9.17, 15) is 4.79 Å². The van der Waals surface area contributed by atoms with Crippen molar-refractivity contribution in [3.05, 3.63) is 83.7 Å². The molecule has 6 rings (SSSR count). The van der Waals surface area contributed by atoms with E-state index in [1.807, 2.05) is 54.3 Å². The van der Waals surface area contributed by atoms with E-state index in [-0.39, 0.29) is 5.91 Å². The number of nitrogens with zero attached hydrogens (tertiary/aromatic N) is 4. The minimum atomic E-state index is 0.0674. The summed E-state index contributed by atoms with van der Waals surface area (Å²) >= 11 is 0. The number of ether oxygens (including phenoxy) is 2. The van der Waals surface area contributed by atoms with Crippen LogP contribution in [0.1, 0.15) is 21.7 Å². The Bertz CT molecular complexity index is 1370. The van der Waals surface area contributed by atoms with Crippen molar-refractivity contribution >= 4 is 16.9 Å². The molecule has 3 heterocycles. The van der Waals surface area contributed by atoms with Crippen molar-refractivity contribution in [3.8, 4) is 17.2 Å². The Morgan fingerprint density at radius 2 is 1.66 bits per heavy atom. The van der Waals surface area contributed by atoms with Crippen molar-refractivity contribution in [3.63, 3.8) is 0 Å². The lowest BCUT2D eigenvalue weighted by atomic mass is 10.1. The first-order valence-corrected chi connectivity index (χ1v) is 12.1. The number of para-hydroxylation sites is 1. The number of amides is 1. The van der Waals surface area contributed by atoms with Gasteiger partial charge in [-0.1, -0.05) is 24.3 Å². The van der Waals surface area contributed by atoms with Gasteiger partial charge in [0, 0.05) is 44.0 Å². The molecule has 178 valence electrons. The Labute approximate surface area is 204 Å². The van der Waals surface area contributed by atoms with Gasteiger partial charge in [-0.05, 0) is 55.0 Å². The Morgan fingerprint density at radius 3 is 2.46 bits per heavy atom. The lowest BCUT2D eigenvalue weighted by Crippen LogP contribution is -2.48. The van der Waals surface area contributed by atoms with Crippen LogP contribution in [-0.4, -0.2) is 64.7 Å². The van der Waals surface area contributed by atoms with Gasteiger partial charge in [-0.25, -0.2) is 4.98 Å². The summed E-state index contributed by atoms with van der Waals surface area (Å²) in [6, 6.07) is 22.2. The van der Waals surface area contributed by atoms with Gasteiger partial charge in [-0.15, -0.1) is 0 Å².